The normalized spacial score (nSPS) is 21.2. The summed E-state index contributed by atoms with van der Waals surface area (Å²) in [5, 5.41) is 3.43. The minimum absolute atomic E-state index is 0.343. The number of hydrogen-bond acceptors (Lipinski definition) is 4. The van der Waals surface area contributed by atoms with Crippen LogP contribution in [-0.2, 0) is 9.47 Å². The zero-order valence-electron chi connectivity index (χ0n) is 13.0. The molecule has 0 unspecified atom stereocenters. The summed E-state index contributed by atoms with van der Waals surface area (Å²) in [4.78, 5) is 2.46. The molecule has 0 aliphatic carbocycles. The third-order valence-electron chi connectivity index (χ3n) is 3.41. The van der Waals surface area contributed by atoms with Crippen molar-refractivity contribution in [3.63, 3.8) is 0 Å². The number of nitrogens with zero attached hydrogens (tertiary/aromatic N) is 1. The molecular weight excluding hydrogens is 240 g/mol. The highest BCUT2D eigenvalue weighted by Crippen LogP contribution is 2.04. The van der Waals surface area contributed by atoms with E-state index in [0.717, 1.165) is 64.9 Å². The molecule has 114 valence electrons. The summed E-state index contributed by atoms with van der Waals surface area (Å²) in [6.07, 6.45) is 2.68. The Bertz CT molecular complexity index is 212. The zero-order valence-corrected chi connectivity index (χ0v) is 13.0. The van der Waals surface area contributed by atoms with Crippen LogP contribution >= 0.6 is 0 Å². The number of ether oxygens (including phenoxy) is 2. The van der Waals surface area contributed by atoms with Gasteiger partial charge in [-0.15, -0.1) is 0 Å². The van der Waals surface area contributed by atoms with Gasteiger partial charge in [0.2, 0.25) is 0 Å². The van der Waals surface area contributed by atoms with E-state index in [2.05, 4.69) is 31.0 Å². The second-order valence-corrected chi connectivity index (χ2v) is 5.79. The summed E-state index contributed by atoms with van der Waals surface area (Å²) >= 11 is 0. The molecule has 1 aliphatic heterocycles. The van der Waals surface area contributed by atoms with Crippen LogP contribution in [0.5, 0.6) is 0 Å². The lowest BCUT2D eigenvalue weighted by Crippen LogP contribution is -2.47. The van der Waals surface area contributed by atoms with Crippen LogP contribution in [0.1, 0.15) is 33.6 Å². The van der Waals surface area contributed by atoms with Crippen LogP contribution < -0.4 is 5.32 Å². The third-order valence-corrected chi connectivity index (χ3v) is 3.41. The SMILES string of the molecule is CCCNC[C@H]1CN(CCOCCC(C)C)CCO1. The maximum atomic E-state index is 5.77. The fourth-order valence-corrected chi connectivity index (χ4v) is 2.16. The highest BCUT2D eigenvalue weighted by atomic mass is 16.5. The Labute approximate surface area is 118 Å². The molecule has 0 aromatic heterocycles. The number of hydrogen-bond donors (Lipinski definition) is 1. The number of rotatable bonds is 10. The highest BCUT2D eigenvalue weighted by molar-refractivity contribution is 4.73. The third kappa shape index (κ3) is 8.58. The van der Waals surface area contributed by atoms with Crippen molar-refractivity contribution in [1.29, 1.82) is 0 Å². The maximum Gasteiger partial charge on any atom is 0.0826 e. The molecule has 0 aromatic rings. The van der Waals surface area contributed by atoms with E-state index < -0.39 is 0 Å². The second kappa shape index (κ2) is 10.6. The summed E-state index contributed by atoms with van der Waals surface area (Å²) in [6.45, 7) is 14.4. The Kier molecular flexibility index (Phi) is 9.43. The Balaban J connectivity index is 2.03. The van der Waals surface area contributed by atoms with Crippen molar-refractivity contribution in [3.8, 4) is 0 Å². The molecule has 1 fully saturated rings. The lowest BCUT2D eigenvalue weighted by atomic mass is 10.1. The molecule has 0 aromatic carbocycles. The van der Waals surface area contributed by atoms with Crippen LogP contribution in [-0.4, -0.2) is 63.5 Å². The lowest BCUT2D eigenvalue weighted by molar-refractivity contribution is -0.0350. The molecule has 4 heteroatoms. The standard InChI is InChI=1S/C15H32N2O2/c1-4-6-16-12-15-13-17(8-11-19-15)7-10-18-9-5-14(2)3/h14-16H,4-13H2,1-3H3/t15-/m0/s1. The van der Waals surface area contributed by atoms with E-state index in [4.69, 9.17) is 9.47 Å². The Morgan fingerprint density at radius 2 is 2.21 bits per heavy atom. The summed E-state index contributed by atoms with van der Waals surface area (Å²) in [5.74, 6) is 0.734. The van der Waals surface area contributed by atoms with E-state index in [0.29, 0.717) is 6.10 Å². The topological polar surface area (TPSA) is 33.7 Å². The smallest absolute Gasteiger partial charge is 0.0826 e. The Morgan fingerprint density at radius 1 is 1.37 bits per heavy atom. The minimum Gasteiger partial charge on any atom is -0.380 e. The summed E-state index contributed by atoms with van der Waals surface area (Å²) < 4.78 is 11.5. The summed E-state index contributed by atoms with van der Waals surface area (Å²) in [5.41, 5.74) is 0. The van der Waals surface area contributed by atoms with Crippen LogP contribution in [0.15, 0.2) is 0 Å². The molecule has 1 N–H and O–H groups in total. The van der Waals surface area contributed by atoms with Crippen LogP contribution in [0.2, 0.25) is 0 Å². The van der Waals surface area contributed by atoms with Crippen molar-refractivity contribution in [3.05, 3.63) is 0 Å². The van der Waals surface area contributed by atoms with E-state index in [1.807, 2.05) is 0 Å². The molecule has 1 heterocycles. The molecule has 0 saturated carbocycles. The van der Waals surface area contributed by atoms with Gasteiger partial charge < -0.3 is 14.8 Å². The van der Waals surface area contributed by atoms with E-state index >= 15 is 0 Å². The first-order chi connectivity index (χ1) is 9.22. The molecule has 1 saturated heterocycles. The Morgan fingerprint density at radius 3 is 2.95 bits per heavy atom. The lowest BCUT2D eigenvalue weighted by Gasteiger charge is -2.33. The van der Waals surface area contributed by atoms with Gasteiger partial charge >= 0.3 is 0 Å². The Hall–Kier alpha value is -0.160. The average molecular weight is 272 g/mol. The molecule has 0 radical (unpaired) electrons. The largest absolute Gasteiger partial charge is 0.380 e. The molecule has 1 rings (SSSR count). The van der Waals surface area contributed by atoms with Crippen LogP contribution in [0.25, 0.3) is 0 Å². The molecule has 0 bridgehead atoms. The maximum absolute atomic E-state index is 5.77. The van der Waals surface area contributed by atoms with Crippen LogP contribution in [0.3, 0.4) is 0 Å². The first-order valence-electron chi connectivity index (χ1n) is 7.84. The summed E-state index contributed by atoms with van der Waals surface area (Å²) in [6, 6.07) is 0. The van der Waals surface area contributed by atoms with Gasteiger partial charge in [0.1, 0.15) is 0 Å². The van der Waals surface area contributed by atoms with Gasteiger partial charge in [-0.05, 0) is 25.3 Å². The monoisotopic (exact) mass is 272 g/mol. The molecule has 1 aliphatic rings. The quantitative estimate of drug-likeness (QED) is 0.614. The molecule has 0 amide bonds. The van der Waals surface area contributed by atoms with Crippen molar-refractivity contribution in [2.75, 3.05) is 52.5 Å². The van der Waals surface area contributed by atoms with Gasteiger partial charge in [0.25, 0.3) is 0 Å². The van der Waals surface area contributed by atoms with Crippen LogP contribution in [0, 0.1) is 5.92 Å². The predicted molar refractivity (Wildman–Crippen MR) is 79.6 cm³/mol. The first-order valence-corrected chi connectivity index (χ1v) is 7.84. The fraction of sp³-hybridized carbons (Fsp3) is 1.00. The number of morpholine rings is 1. The molecule has 1 atom stereocenters. The van der Waals surface area contributed by atoms with Gasteiger partial charge in [-0.2, -0.15) is 0 Å². The van der Waals surface area contributed by atoms with Gasteiger partial charge in [0, 0.05) is 32.8 Å². The zero-order chi connectivity index (χ0) is 13.9. The van der Waals surface area contributed by atoms with Crippen molar-refractivity contribution < 1.29 is 9.47 Å². The van der Waals surface area contributed by atoms with Gasteiger partial charge in [-0.3, -0.25) is 4.90 Å². The van der Waals surface area contributed by atoms with Crippen molar-refractivity contribution in [2.45, 2.75) is 39.7 Å². The van der Waals surface area contributed by atoms with E-state index in [9.17, 15) is 0 Å². The van der Waals surface area contributed by atoms with E-state index in [1.54, 1.807) is 0 Å². The molecule has 4 nitrogen and oxygen atoms in total. The molecule has 19 heavy (non-hydrogen) atoms. The second-order valence-electron chi connectivity index (χ2n) is 5.79. The highest BCUT2D eigenvalue weighted by Gasteiger charge is 2.19. The van der Waals surface area contributed by atoms with E-state index in [1.165, 1.54) is 6.42 Å². The average Bonchev–Trinajstić information content (AvgIpc) is 2.39. The van der Waals surface area contributed by atoms with Crippen LogP contribution in [0.4, 0.5) is 0 Å². The molecule has 0 spiro atoms. The van der Waals surface area contributed by atoms with Gasteiger partial charge in [-0.25, -0.2) is 0 Å². The first kappa shape index (κ1) is 16.9. The number of nitrogens with one attached hydrogen (secondary N) is 1. The molecular formula is C15H32N2O2. The van der Waals surface area contributed by atoms with Crippen molar-refractivity contribution >= 4 is 0 Å². The van der Waals surface area contributed by atoms with Crippen molar-refractivity contribution in [1.82, 2.24) is 10.2 Å². The summed E-state index contributed by atoms with van der Waals surface area (Å²) in [7, 11) is 0. The van der Waals surface area contributed by atoms with Gasteiger partial charge in [0.05, 0.1) is 19.3 Å². The van der Waals surface area contributed by atoms with E-state index in [-0.39, 0.29) is 0 Å². The van der Waals surface area contributed by atoms with Gasteiger partial charge in [-0.1, -0.05) is 20.8 Å². The van der Waals surface area contributed by atoms with Crippen molar-refractivity contribution in [2.24, 2.45) is 5.92 Å². The minimum atomic E-state index is 0.343. The van der Waals surface area contributed by atoms with Gasteiger partial charge in [0.15, 0.2) is 0 Å². The fourth-order valence-electron chi connectivity index (χ4n) is 2.16. The predicted octanol–water partition coefficient (Wildman–Crippen LogP) is 1.75.